The van der Waals surface area contributed by atoms with E-state index < -0.39 is 47.8 Å². The maximum atomic E-state index is 13.2. The SMILES string of the molecule is CC(C)[C@H](NC(=O)Cn1c(-c2ccccc2)ncc(N(C)C(=O)O)c1=O)C(=O)C(=O)NN=C1SCCN1C. The minimum atomic E-state index is -1.38. The van der Waals surface area contributed by atoms with Gasteiger partial charge in [0.2, 0.25) is 11.7 Å². The molecule has 3 rings (SSSR count). The Kier molecular flexibility index (Phi) is 9.23. The predicted octanol–water partition coefficient (Wildman–Crippen LogP) is 0.800. The lowest BCUT2D eigenvalue weighted by Crippen LogP contribution is -2.51. The second-order valence-corrected chi connectivity index (χ2v) is 9.89. The third-order valence-electron chi connectivity index (χ3n) is 5.74. The smallest absolute Gasteiger partial charge is 0.411 e. The van der Waals surface area contributed by atoms with Crippen molar-refractivity contribution in [1.82, 2.24) is 25.2 Å². The number of Topliss-reactive ketones (excluding diaryl/α,β-unsaturated/α-hetero) is 1. The van der Waals surface area contributed by atoms with Gasteiger partial charge in [-0.3, -0.25) is 28.6 Å². The van der Waals surface area contributed by atoms with Crippen LogP contribution in [0.4, 0.5) is 10.5 Å². The number of hydrazone groups is 1. The molecule has 38 heavy (non-hydrogen) atoms. The van der Waals surface area contributed by atoms with E-state index in [9.17, 15) is 29.1 Å². The van der Waals surface area contributed by atoms with Crippen LogP contribution < -0.4 is 21.2 Å². The number of nitrogens with zero attached hydrogens (tertiary/aromatic N) is 5. The summed E-state index contributed by atoms with van der Waals surface area (Å²) in [5.41, 5.74) is 1.74. The zero-order valence-electron chi connectivity index (χ0n) is 21.4. The number of benzene rings is 1. The van der Waals surface area contributed by atoms with E-state index in [1.165, 1.54) is 18.8 Å². The number of carbonyl (C=O) groups is 4. The van der Waals surface area contributed by atoms with Crippen LogP contribution in [0.2, 0.25) is 0 Å². The van der Waals surface area contributed by atoms with Crippen LogP contribution in [0, 0.1) is 5.92 Å². The molecule has 0 radical (unpaired) electrons. The van der Waals surface area contributed by atoms with Crippen LogP contribution in [0.5, 0.6) is 0 Å². The van der Waals surface area contributed by atoms with E-state index in [0.29, 0.717) is 15.6 Å². The highest BCUT2D eigenvalue weighted by Gasteiger charge is 2.30. The summed E-state index contributed by atoms with van der Waals surface area (Å²) >= 11 is 1.44. The molecule has 0 unspecified atom stereocenters. The lowest BCUT2D eigenvalue weighted by atomic mass is 9.99. The molecule has 0 aliphatic carbocycles. The second kappa shape index (κ2) is 12.4. The number of thioether (sulfide) groups is 1. The van der Waals surface area contributed by atoms with Gasteiger partial charge in [0.25, 0.3) is 5.56 Å². The third-order valence-corrected chi connectivity index (χ3v) is 6.79. The molecule has 14 heteroatoms. The van der Waals surface area contributed by atoms with Crippen LogP contribution >= 0.6 is 11.8 Å². The van der Waals surface area contributed by atoms with Crippen molar-refractivity contribution in [3.05, 3.63) is 46.9 Å². The van der Waals surface area contributed by atoms with Crippen LogP contribution in [0.1, 0.15) is 13.8 Å². The summed E-state index contributed by atoms with van der Waals surface area (Å²) in [4.78, 5) is 69.9. The topological polar surface area (TPSA) is 166 Å². The van der Waals surface area contributed by atoms with Gasteiger partial charge in [0, 0.05) is 32.0 Å². The van der Waals surface area contributed by atoms with Crippen LogP contribution in [0.3, 0.4) is 0 Å². The Morgan fingerprint density at radius 2 is 1.89 bits per heavy atom. The Morgan fingerprint density at radius 3 is 2.47 bits per heavy atom. The fourth-order valence-electron chi connectivity index (χ4n) is 3.57. The molecule has 0 saturated carbocycles. The lowest BCUT2D eigenvalue weighted by molar-refractivity contribution is -0.140. The monoisotopic (exact) mass is 543 g/mol. The fraction of sp³-hybridized carbons (Fsp3) is 0.375. The van der Waals surface area contributed by atoms with Crippen molar-refractivity contribution in [2.45, 2.75) is 26.4 Å². The Bertz CT molecular complexity index is 1310. The third kappa shape index (κ3) is 6.56. The van der Waals surface area contributed by atoms with Gasteiger partial charge in [-0.2, -0.15) is 0 Å². The van der Waals surface area contributed by atoms with Crippen molar-refractivity contribution >= 4 is 46.3 Å². The normalized spacial score (nSPS) is 14.9. The highest BCUT2D eigenvalue weighted by atomic mass is 32.2. The van der Waals surface area contributed by atoms with E-state index in [2.05, 4.69) is 20.8 Å². The zero-order valence-corrected chi connectivity index (χ0v) is 22.2. The standard InChI is InChI=1S/C24H29N7O6S/c1-14(2)18(19(33)21(34)27-28-23-29(3)10-11-38-23)26-17(32)13-31-20(15-8-6-5-7-9-15)25-12-16(22(31)35)30(4)24(36)37/h5-9,12,14,18H,10-11,13H2,1-4H3,(H,26,32)(H,27,34)(H,36,37)/t18-/m0/s1. The molecule has 1 fully saturated rings. The predicted molar refractivity (Wildman–Crippen MR) is 143 cm³/mol. The Labute approximate surface area is 222 Å². The van der Waals surface area contributed by atoms with Crippen molar-refractivity contribution < 1.29 is 24.3 Å². The maximum absolute atomic E-state index is 13.2. The molecule has 0 bridgehead atoms. The van der Waals surface area contributed by atoms with Gasteiger partial charge in [0.05, 0.1) is 12.2 Å². The summed E-state index contributed by atoms with van der Waals surface area (Å²) in [6.07, 6.45) is -0.255. The Balaban J connectivity index is 1.85. The first-order valence-electron chi connectivity index (χ1n) is 11.7. The number of rotatable bonds is 9. The molecule has 2 aromatic rings. The first-order valence-corrected chi connectivity index (χ1v) is 12.7. The quantitative estimate of drug-likeness (QED) is 0.306. The van der Waals surface area contributed by atoms with Crippen LogP contribution in [0.25, 0.3) is 11.4 Å². The van der Waals surface area contributed by atoms with Gasteiger partial charge in [0.1, 0.15) is 18.1 Å². The number of amides is 3. The second-order valence-electron chi connectivity index (χ2n) is 8.82. The van der Waals surface area contributed by atoms with Gasteiger partial charge < -0.3 is 15.3 Å². The summed E-state index contributed by atoms with van der Waals surface area (Å²) in [5.74, 6) is -2.12. The summed E-state index contributed by atoms with van der Waals surface area (Å²) < 4.78 is 1.03. The molecular formula is C24H29N7O6S. The van der Waals surface area contributed by atoms with Gasteiger partial charge in [-0.05, 0) is 5.92 Å². The van der Waals surface area contributed by atoms with E-state index in [1.54, 1.807) is 44.2 Å². The molecule has 13 nitrogen and oxygen atoms in total. The minimum Gasteiger partial charge on any atom is -0.465 e. The van der Waals surface area contributed by atoms with Gasteiger partial charge in [-0.15, -0.1) is 5.10 Å². The molecule has 3 amide bonds. The Hall–Kier alpha value is -4.20. The molecule has 0 spiro atoms. The molecule has 1 atom stereocenters. The van der Waals surface area contributed by atoms with Crippen molar-refractivity contribution in [3.8, 4) is 11.4 Å². The number of amidine groups is 1. The highest BCUT2D eigenvalue weighted by molar-refractivity contribution is 8.14. The molecule has 1 aliphatic rings. The number of hydrogen-bond donors (Lipinski definition) is 3. The zero-order chi connectivity index (χ0) is 28.0. The van der Waals surface area contributed by atoms with Crippen LogP contribution in [-0.2, 0) is 20.9 Å². The summed E-state index contributed by atoms with van der Waals surface area (Å²) in [5, 5.41) is 16.4. The number of hydrogen-bond acceptors (Lipinski definition) is 8. The van der Waals surface area contributed by atoms with Crippen molar-refractivity contribution in [1.29, 1.82) is 0 Å². The molecule has 1 aliphatic heterocycles. The summed E-state index contributed by atoms with van der Waals surface area (Å²) in [7, 11) is 3.00. The first-order chi connectivity index (χ1) is 18.0. The van der Waals surface area contributed by atoms with Crippen LogP contribution in [0.15, 0.2) is 46.4 Å². The molecular weight excluding hydrogens is 514 g/mol. The largest absolute Gasteiger partial charge is 0.465 e. The van der Waals surface area contributed by atoms with Gasteiger partial charge in [-0.1, -0.05) is 55.9 Å². The van der Waals surface area contributed by atoms with E-state index in [-0.39, 0.29) is 11.5 Å². The number of nitrogens with one attached hydrogen (secondary N) is 2. The summed E-state index contributed by atoms with van der Waals surface area (Å²) in [6.45, 7) is 3.52. The van der Waals surface area contributed by atoms with Crippen molar-refractivity contribution in [3.63, 3.8) is 0 Å². The average Bonchev–Trinajstić information content (AvgIpc) is 3.30. The van der Waals surface area contributed by atoms with E-state index in [1.807, 2.05) is 11.9 Å². The molecule has 1 aromatic heterocycles. The number of aromatic nitrogens is 2. The molecule has 3 N–H and O–H groups in total. The van der Waals surface area contributed by atoms with Crippen molar-refractivity contribution in [2.24, 2.45) is 11.0 Å². The fourth-order valence-corrected chi connectivity index (χ4v) is 4.54. The van der Waals surface area contributed by atoms with Crippen molar-refractivity contribution in [2.75, 3.05) is 31.3 Å². The first kappa shape index (κ1) is 28.4. The van der Waals surface area contributed by atoms with E-state index in [4.69, 9.17) is 0 Å². The molecule has 1 saturated heterocycles. The van der Waals surface area contributed by atoms with Gasteiger partial charge in [0.15, 0.2) is 5.17 Å². The van der Waals surface area contributed by atoms with Gasteiger partial charge in [-0.25, -0.2) is 15.2 Å². The number of carboxylic acid groups (broad SMARTS) is 1. The Morgan fingerprint density at radius 1 is 1.21 bits per heavy atom. The average molecular weight is 544 g/mol. The van der Waals surface area contributed by atoms with E-state index >= 15 is 0 Å². The van der Waals surface area contributed by atoms with E-state index in [0.717, 1.165) is 23.1 Å². The number of ketones is 1. The maximum Gasteiger partial charge on any atom is 0.411 e. The number of anilines is 1. The summed E-state index contributed by atoms with van der Waals surface area (Å²) in [6, 6.07) is 7.39. The minimum absolute atomic E-state index is 0.132. The molecule has 202 valence electrons. The molecule has 1 aromatic carbocycles. The highest BCUT2D eigenvalue weighted by Crippen LogP contribution is 2.18. The number of carbonyl (C=O) groups excluding carboxylic acids is 3. The molecule has 2 heterocycles. The van der Waals surface area contributed by atoms with Crippen LogP contribution in [-0.4, -0.2) is 80.9 Å². The van der Waals surface area contributed by atoms with Gasteiger partial charge >= 0.3 is 12.0 Å². The lowest BCUT2D eigenvalue weighted by Gasteiger charge is -2.22.